The molecule has 4 aromatic carbocycles. The van der Waals surface area contributed by atoms with E-state index in [4.69, 9.17) is 0 Å². The SMILES string of the molecule is CCN(Cc1cccc(S(=O)(=O)O)c1)c1ccc(C(=C2C=CC(=[N+](CC)Cc3cccc(S(=O)(=O)O)c3)C=C2)c2ccc(O)cc2S(=O)(=O)O)cc1.[Na+]. The van der Waals surface area contributed by atoms with Gasteiger partial charge < -0.3 is 10.0 Å². The van der Waals surface area contributed by atoms with Crippen LogP contribution in [0.15, 0.2) is 136 Å². The number of nitrogens with zero attached hydrogens (tertiary/aromatic N) is 2. The monoisotopic (exact) mass is 788 g/mol. The van der Waals surface area contributed by atoms with Crippen LogP contribution in [0.5, 0.6) is 5.75 Å². The Hall–Kier alpha value is -3.90. The molecule has 0 amide bonds. The normalized spacial score (nSPS) is 13.1. The molecule has 0 spiro atoms. The molecule has 272 valence electrons. The maximum Gasteiger partial charge on any atom is 1.00 e. The van der Waals surface area contributed by atoms with Crippen LogP contribution in [0.4, 0.5) is 5.69 Å². The number of hydrogen-bond acceptors (Lipinski definition) is 8. The van der Waals surface area contributed by atoms with Gasteiger partial charge in [0, 0.05) is 48.1 Å². The Morgan fingerprint density at radius 3 is 1.77 bits per heavy atom. The molecule has 5 rings (SSSR count). The van der Waals surface area contributed by atoms with E-state index >= 15 is 0 Å². The Morgan fingerprint density at radius 2 is 1.25 bits per heavy atom. The Kier molecular flexibility index (Phi) is 13.5. The van der Waals surface area contributed by atoms with Gasteiger partial charge in [-0.3, -0.25) is 13.7 Å². The third-order valence-corrected chi connectivity index (χ3v) is 11.1. The number of anilines is 1. The fourth-order valence-electron chi connectivity index (χ4n) is 5.91. The topological polar surface area (TPSA) is 190 Å². The smallest absolute Gasteiger partial charge is 0.508 e. The van der Waals surface area contributed by atoms with Crippen molar-refractivity contribution in [3.63, 3.8) is 0 Å². The summed E-state index contributed by atoms with van der Waals surface area (Å²) in [5, 5.41) is 10.1. The van der Waals surface area contributed by atoms with Gasteiger partial charge in [0.2, 0.25) is 0 Å². The second-order valence-electron chi connectivity index (χ2n) is 11.9. The van der Waals surface area contributed by atoms with Crippen LogP contribution in [0.25, 0.3) is 5.57 Å². The Morgan fingerprint density at radius 1 is 0.679 bits per heavy atom. The second-order valence-corrected chi connectivity index (χ2v) is 16.1. The zero-order chi connectivity index (χ0) is 37.8. The van der Waals surface area contributed by atoms with E-state index in [-0.39, 0.29) is 50.7 Å². The Labute approximate surface area is 331 Å². The summed E-state index contributed by atoms with van der Waals surface area (Å²) in [7, 11) is -13.5. The predicted molar refractivity (Wildman–Crippen MR) is 197 cm³/mol. The fraction of sp³-hybridized carbons (Fsp3) is 0.162. The maximum absolute atomic E-state index is 12.6. The van der Waals surface area contributed by atoms with E-state index in [0.717, 1.165) is 17.5 Å². The van der Waals surface area contributed by atoms with Crippen molar-refractivity contribution >= 4 is 47.3 Å². The molecule has 0 heterocycles. The van der Waals surface area contributed by atoms with Crippen LogP contribution in [0.1, 0.15) is 36.1 Å². The zero-order valence-electron chi connectivity index (χ0n) is 29.2. The number of rotatable bonds is 12. The summed E-state index contributed by atoms with van der Waals surface area (Å²) in [5.74, 6) is -0.352. The molecular formula is C37H37N2NaO10S3+2. The van der Waals surface area contributed by atoms with E-state index < -0.39 is 35.2 Å². The van der Waals surface area contributed by atoms with Crippen LogP contribution < -0.4 is 34.5 Å². The number of benzene rings is 4. The predicted octanol–water partition coefficient (Wildman–Crippen LogP) is 2.76. The fourth-order valence-corrected chi connectivity index (χ4v) is 7.73. The maximum atomic E-state index is 12.6. The van der Waals surface area contributed by atoms with E-state index in [0.29, 0.717) is 54.0 Å². The number of phenolic OH excluding ortho intramolecular Hbond substituents is 1. The van der Waals surface area contributed by atoms with Crippen LogP contribution in [0.3, 0.4) is 0 Å². The van der Waals surface area contributed by atoms with Crippen molar-refractivity contribution in [1.29, 1.82) is 0 Å². The van der Waals surface area contributed by atoms with Gasteiger partial charge in [-0.25, -0.2) is 4.58 Å². The minimum atomic E-state index is -4.78. The molecule has 0 atom stereocenters. The van der Waals surface area contributed by atoms with E-state index in [1.165, 1.54) is 36.4 Å². The molecule has 0 radical (unpaired) electrons. The van der Waals surface area contributed by atoms with Crippen LogP contribution >= 0.6 is 0 Å². The first kappa shape index (κ1) is 41.9. The van der Waals surface area contributed by atoms with Crippen LogP contribution in [0, 0.1) is 0 Å². The quantitative estimate of drug-likeness (QED) is 0.0939. The molecule has 0 bridgehead atoms. The molecular weight excluding hydrogens is 752 g/mol. The van der Waals surface area contributed by atoms with Crippen molar-refractivity contribution in [3.05, 3.63) is 143 Å². The zero-order valence-corrected chi connectivity index (χ0v) is 33.6. The number of phenols is 1. The van der Waals surface area contributed by atoms with Crippen molar-refractivity contribution in [2.24, 2.45) is 0 Å². The minimum Gasteiger partial charge on any atom is -0.508 e. The van der Waals surface area contributed by atoms with Crippen molar-refractivity contribution < 1.29 is 78.2 Å². The summed E-state index contributed by atoms with van der Waals surface area (Å²) in [6.45, 7) is 5.61. The molecule has 12 nitrogen and oxygen atoms in total. The third-order valence-electron chi connectivity index (χ3n) is 8.46. The van der Waals surface area contributed by atoms with Gasteiger partial charge in [0.15, 0.2) is 12.3 Å². The third kappa shape index (κ3) is 10.4. The summed E-state index contributed by atoms with van der Waals surface area (Å²) in [6.07, 6.45) is 7.23. The largest absolute Gasteiger partial charge is 1.00 e. The van der Waals surface area contributed by atoms with Gasteiger partial charge in [0.05, 0.1) is 9.79 Å². The summed E-state index contributed by atoms with van der Waals surface area (Å²) in [5.41, 5.74) is 4.62. The van der Waals surface area contributed by atoms with Crippen molar-refractivity contribution in [1.82, 2.24) is 0 Å². The van der Waals surface area contributed by atoms with E-state index in [1.54, 1.807) is 48.6 Å². The van der Waals surface area contributed by atoms with Gasteiger partial charge in [-0.05, 0) is 96.8 Å². The van der Waals surface area contributed by atoms with E-state index in [1.807, 2.05) is 47.6 Å². The van der Waals surface area contributed by atoms with Gasteiger partial charge in [0.1, 0.15) is 17.2 Å². The Bertz CT molecular complexity index is 2460. The van der Waals surface area contributed by atoms with Crippen molar-refractivity contribution in [3.8, 4) is 5.75 Å². The van der Waals surface area contributed by atoms with Crippen molar-refractivity contribution in [2.75, 3.05) is 18.0 Å². The van der Waals surface area contributed by atoms with Crippen LogP contribution in [-0.4, -0.2) is 67.4 Å². The number of hydrogen-bond donors (Lipinski definition) is 4. The van der Waals surface area contributed by atoms with Gasteiger partial charge in [-0.2, -0.15) is 25.3 Å². The van der Waals surface area contributed by atoms with Crippen LogP contribution in [-0.2, 0) is 43.4 Å². The molecule has 1 aliphatic carbocycles. The molecule has 0 saturated heterocycles. The molecule has 0 saturated carbocycles. The molecule has 0 fully saturated rings. The summed E-state index contributed by atoms with van der Waals surface area (Å²) < 4.78 is 103. The van der Waals surface area contributed by atoms with E-state index in [9.17, 15) is 44.0 Å². The summed E-state index contributed by atoms with van der Waals surface area (Å²) in [6, 6.07) is 23.0. The van der Waals surface area contributed by atoms with Gasteiger partial charge in [-0.15, -0.1) is 0 Å². The molecule has 4 aromatic rings. The minimum absolute atomic E-state index is 0. The molecule has 4 N–H and O–H groups in total. The van der Waals surface area contributed by atoms with E-state index in [2.05, 4.69) is 0 Å². The molecule has 1 aliphatic rings. The van der Waals surface area contributed by atoms with Gasteiger partial charge >= 0.3 is 29.6 Å². The first-order valence-electron chi connectivity index (χ1n) is 16.0. The van der Waals surface area contributed by atoms with Gasteiger partial charge in [0.25, 0.3) is 30.4 Å². The molecule has 53 heavy (non-hydrogen) atoms. The Balaban J connectivity index is 0.00000627. The molecule has 16 heteroatoms. The molecule has 0 aromatic heterocycles. The average molecular weight is 789 g/mol. The van der Waals surface area contributed by atoms with Crippen LogP contribution in [0.2, 0.25) is 0 Å². The number of aromatic hydroxyl groups is 1. The number of allylic oxidation sites excluding steroid dienone is 5. The van der Waals surface area contributed by atoms with Crippen molar-refractivity contribution in [2.45, 2.75) is 41.6 Å². The standard InChI is InChI=1S/C37H36N2O10S3.Na/c1-3-38(24-26-7-5-9-33(21-26)50(41,42)43)30-15-11-28(12-16-30)37(35-20-19-32(40)23-36(35)52(47,48)49)29-13-17-31(18-14-29)39(4-2)25-27-8-6-10-34(22-27)51(44,45)46;/h5-23H,3-4,24-25H2,1-2H3,(H3,41,42,43,44,45,46,47,48,49);/q;+1/p+1. The first-order chi connectivity index (χ1) is 24.5. The molecule has 0 aliphatic heterocycles. The van der Waals surface area contributed by atoms with Gasteiger partial charge in [-0.1, -0.05) is 36.4 Å². The molecule has 0 unspecified atom stereocenters. The summed E-state index contributed by atoms with van der Waals surface area (Å²) in [4.78, 5) is 1.08. The second kappa shape index (κ2) is 17.1. The average Bonchev–Trinajstić information content (AvgIpc) is 3.10. The first-order valence-corrected chi connectivity index (χ1v) is 20.3. The summed E-state index contributed by atoms with van der Waals surface area (Å²) >= 11 is 0.